The molecule has 0 spiro atoms. The Kier molecular flexibility index (Phi) is 4.53. The number of carbonyl (C=O) groups excluding carboxylic acids is 1. The maximum atomic E-state index is 13.7. The molecule has 1 fully saturated rings. The van der Waals surface area contributed by atoms with Crippen molar-refractivity contribution >= 4 is 23.0 Å². The monoisotopic (exact) mass is 379 g/mol. The molecule has 1 amide bonds. The standard InChI is InChI=1S/C23H26FN3O/c24-10-2-11-26-12-9-20-21(3-1-4-22(20)26)23(28)27(18-7-8-18)19-6-5-16-14-25-15-17(16)13-19/h1,3-4,9,12,15,18-19H,2,5-8,10-11,13-14H2. The fraction of sp³-hybridized carbons (Fsp3) is 0.478. The van der Waals surface area contributed by atoms with Gasteiger partial charge in [0, 0.05) is 47.5 Å². The Hall–Kier alpha value is -2.43. The van der Waals surface area contributed by atoms with Crippen molar-refractivity contribution < 1.29 is 9.18 Å². The molecule has 0 bridgehead atoms. The topological polar surface area (TPSA) is 37.6 Å². The highest BCUT2D eigenvalue weighted by molar-refractivity contribution is 6.07. The lowest BCUT2D eigenvalue weighted by atomic mass is 9.88. The third-order valence-electron chi connectivity index (χ3n) is 6.36. The second kappa shape index (κ2) is 7.19. The van der Waals surface area contributed by atoms with E-state index in [4.69, 9.17) is 0 Å². The van der Waals surface area contributed by atoms with Crippen molar-refractivity contribution in [2.24, 2.45) is 4.99 Å². The normalized spacial score (nSPS) is 21.4. The molecule has 1 aromatic heterocycles. The third-order valence-corrected chi connectivity index (χ3v) is 6.36. The van der Waals surface area contributed by atoms with E-state index in [-0.39, 0.29) is 18.6 Å². The third kappa shape index (κ3) is 3.07. The molecule has 1 atom stereocenters. The first-order valence-corrected chi connectivity index (χ1v) is 10.4. The number of amides is 1. The van der Waals surface area contributed by atoms with Crippen LogP contribution in [0.25, 0.3) is 10.9 Å². The molecule has 0 N–H and O–H groups in total. The molecule has 1 aromatic carbocycles. The predicted molar refractivity (Wildman–Crippen MR) is 110 cm³/mol. The highest BCUT2D eigenvalue weighted by atomic mass is 19.1. The Morgan fingerprint density at radius 1 is 1.21 bits per heavy atom. The van der Waals surface area contributed by atoms with Crippen LogP contribution in [0, 0.1) is 0 Å². The van der Waals surface area contributed by atoms with Crippen LogP contribution in [0.4, 0.5) is 4.39 Å². The number of nitrogens with zero attached hydrogens (tertiary/aromatic N) is 3. The fourth-order valence-corrected chi connectivity index (χ4v) is 4.79. The van der Waals surface area contributed by atoms with Crippen LogP contribution in [0.1, 0.15) is 48.9 Å². The van der Waals surface area contributed by atoms with Crippen LogP contribution in [0.5, 0.6) is 0 Å². The molecule has 2 aromatic rings. The summed E-state index contributed by atoms with van der Waals surface area (Å²) in [5.41, 5.74) is 4.62. The maximum Gasteiger partial charge on any atom is 0.255 e. The van der Waals surface area contributed by atoms with Crippen molar-refractivity contribution in [1.29, 1.82) is 0 Å². The summed E-state index contributed by atoms with van der Waals surface area (Å²) in [5, 5.41) is 0.982. The predicted octanol–water partition coefficient (Wildman–Crippen LogP) is 4.54. The SMILES string of the molecule is O=C(c1cccc2c1ccn2CCCF)N(C1CC1)C1CCC2=C(C=NC2)C1. The first-order chi connectivity index (χ1) is 13.8. The number of benzene rings is 1. The van der Waals surface area contributed by atoms with Gasteiger partial charge in [-0.1, -0.05) is 6.07 Å². The highest BCUT2D eigenvalue weighted by Gasteiger charge is 2.39. The van der Waals surface area contributed by atoms with E-state index < -0.39 is 0 Å². The Morgan fingerprint density at radius 2 is 2.11 bits per heavy atom. The molecular formula is C23H26FN3O. The van der Waals surface area contributed by atoms with Gasteiger partial charge >= 0.3 is 0 Å². The average Bonchev–Trinajstić information content (AvgIpc) is 3.28. The van der Waals surface area contributed by atoms with Crippen LogP contribution in [0.2, 0.25) is 0 Å². The van der Waals surface area contributed by atoms with E-state index >= 15 is 0 Å². The van der Waals surface area contributed by atoms with Crippen molar-refractivity contribution in [3.8, 4) is 0 Å². The molecule has 4 nitrogen and oxygen atoms in total. The summed E-state index contributed by atoms with van der Waals surface area (Å²) in [4.78, 5) is 20.3. The van der Waals surface area contributed by atoms with Gasteiger partial charge in [-0.3, -0.25) is 14.2 Å². The molecule has 146 valence electrons. The van der Waals surface area contributed by atoms with Crippen molar-refractivity contribution in [3.63, 3.8) is 0 Å². The molecule has 5 rings (SSSR count). The molecule has 2 aliphatic carbocycles. The van der Waals surface area contributed by atoms with Crippen LogP contribution in [0.3, 0.4) is 0 Å². The lowest BCUT2D eigenvalue weighted by Gasteiger charge is -2.35. The van der Waals surface area contributed by atoms with Gasteiger partial charge in [0.25, 0.3) is 5.91 Å². The number of halogens is 1. The van der Waals surface area contributed by atoms with Crippen molar-refractivity contribution in [2.75, 3.05) is 13.2 Å². The number of carbonyl (C=O) groups is 1. The summed E-state index contributed by atoms with van der Waals surface area (Å²) in [7, 11) is 0. The van der Waals surface area contributed by atoms with Crippen molar-refractivity contribution in [1.82, 2.24) is 9.47 Å². The largest absolute Gasteiger partial charge is 0.347 e. The number of fused-ring (bicyclic) bond motifs is 1. The van der Waals surface area contributed by atoms with Crippen LogP contribution < -0.4 is 0 Å². The van der Waals surface area contributed by atoms with Crippen molar-refractivity contribution in [3.05, 3.63) is 47.2 Å². The summed E-state index contributed by atoms with van der Waals surface area (Å²) in [5.74, 6) is 0.153. The molecule has 3 aliphatic rings. The van der Waals surface area contributed by atoms with Crippen molar-refractivity contribution in [2.45, 2.75) is 57.2 Å². The number of aliphatic imine (C=N–C) groups is 1. The van der Waals surface area contributed by atoms with Gasteiger partial charge in [-0.05, 0) is 67.9 Å². The van der Waals surface area contributed by atoms with Gasteiger partial charge in [-0.25, -0.2) is 0 Å². The van der Waals surface area contributed by atoms with E-state index in [0.29, 0.717) is 19.0 Å². The van der Waals surface area contributed by atoms with E-state index in [1.54, 1.807) is 0 Å². The van der Waals surface area contributed by atoms with Gasteiger partial charge in [0.2, 0.25) is 0 Å². The van der Waals surface area contributed by atoms with Crippen LogP contribution in [-0.4, -0.2) is 46.9 Å². The maximum absolute atomic E-state index is 13.7. The summed E-state index contributed by atoms with van der Waals surface area (Å²) >= 11 is 0. The van der Waals surface area contributed by atoms with E-state index in [2.05, 4.69) is 14.5 Å². The van der Waals surface area contributed by atoms with Gasteiger partial charge in [0.05, 0.1) is 13.2 Å². The molecule has 2 heterocycles. The number of aryl methyl sites for hydroxylation is 1. The number of alkyl halides is 1. The van der Waals surface area contributed by atoms with E-state index in [0.717, 1.165) is 55.1 Å². The summed E-state index contributed by atoms with van der Waals surface area (Å²) in [6, 6.07) is 8.59. The lowest BCUT2D eigenvalue weighted by molar-refractivity contribution is 0.0647. The Balaban J connectivity index is 1.45. The van der Waals surface area contributed by atoms with Crippen LogP contribution in [-0.2, 0) is 6.54 Å². The van der Waals surface area contributed by atoms with Gasteiger partial charge < -0.3 is 9.47 Å². The quantitative estimate of drug-likeness (QED) is 0.726. The molecular weight excluding hydrogens is 353 g/mol. The molecule has 5 heteroatoms. The van der Waals surface area contributed by atoms with E-state index in [9.17, 15) is 9.18 Å². The number of aromatic nitrogens is 1. The number of hydrogen-bond donors (Lipinski definition) is 0. The molecule has 1 aliphatic heterocycles. The zero-order valence-electron chi connectivity index (χ0n) is 16.1. The van der Waals surface area contributed by atoms with Crippen LogP contribution >= 0.6 is 0 Å². The minimum Gasteiger partial charge on any atom is -0.347 e. The Labute approximate surface area is 164 Å². The molecule has 1 unspecified atom stereocenters. The average molecular weight is 379 g/mol. The second-order valence-corrected chi connectivity index (χ2v) is 8.23. The molecule has 28 heavy (non-hydrogen) atoms. The lowest BCUT2D eigenvalue weighted by Crippen LogP contribution is -2.43. The zero-order valence-corrected chi connectivity index (χ0v) is 16.1. The van der Waals surface area contributed by atoms with Gasteiger partial charge in [-0.2, -0.15) is 0 Å². The highest BCUT2D eigenvalue weighted by Crippen LogP contribution is 2.38. The van der Waals surface area contributed by atoms with Gasteiger partial charge in [0.15, 0.2) is 0 Å². The van der Waals surface area contributed by atoms with Crippen LogP contribution in [0.15, 0.2) is 46.6 Å². The fourth-order valence-electron chi connectivity index (χ4n) is 4.79. The number of hydrogen-bond acceptors (Lipinski definition) is 2. The molecule has 0 radical (unpaired) electrons. The van der Waals surface area contributed by atoms with Gasteiger partial charge in [0.1, 0.15) is 0 Å². The summed E-state index contributed by atoms with van der Waals surface area (Å²) in [6.07, 6.45) is 9.74. The minimum absolute atomic E-state index is 0.153. The first kappa shape index (κ1) is 17.7. The molecule has 1 saturated carbocycles. The Morgan fingerprint density at radius 3 is 2.93 bits per heavy atom. The number of rotatable bonds is 6. The summed E-state index contributed by atoms with van der Waals surface area (Å²) in [6.45, 7) is 1.17. The second-order valence-electron chi connectivity index (χ2n) is 8.23. The zero-order chi connectivity index (χ0) is 19.1. The smallest absolute Gasteiger partial charge is 0.255 e. The molecule has 0 saturated heterocycles. The first-order valence-electron chi connectivity index (χ1n) is 10.4. The minimum atomic E-state index is -0.323. The van der Waals surface area contributed by atoms with E-state index in [1.165, 1.54) is 11.1 Å². The van der Waals surface area contributed by atoms with E-state index in [1.807, 2.05) is 36.7 Å². The Bertz CT molecular complexity index is 969. The summed E-state index contributed by atoms with van der Waals surface area (Å²) < 4.78 is 14.7. The van der Waals surface area contributed by atoms with Gasteiger partial charge in [-0.15, -0.1) is 0 Å².